The summed E-state index contributed by atoms with van der Waals surface area (Å²) < 4.78 is 24.3. The summed E-state index contributed by atoms with van der Waals surface area (Å²) in [5.41, 5.74) is 0. The molecule has 0 bridgehead atoms. The van der Waals surface area contributed by atoms with E-state index in [0.29, 0.717) is 52.6 Å². The maximum absolute atomic E-state index is 14.2. The van der Waals surface area contributed by atoms with Crippen molar-refractivity contribution in [2.75, 3.05) is 59.7 Å². The number of morpholine rings is 2. The van der Waals surface area contributed by atoms with E-state index < -0.39 is 22.4 Å². The number of urea groups is 1. The highest BCUT2D eigenvalue weighted by atomic mass is 19.1. The standard InChI is InChI=1S/C13H20FN4O4/c1-18(16-4-8-22-9-5-16)10-11(14)12(19)17(13(18)20)15-2-6-21-7-3-15/h10H,2-9H2,1H3/q+1. The van der Waals surface area contributed by atoms with E-state index in [1.807, 2.05) is 0 Å². The highest BCUT2D eigenvalue weighted by molar-refractivity contribution is 6.02. The molecular formula is C13H20FN4O4+. The van der Waals surface area contributed by atoms with E-state index in [2.05, 4.69) is 0 Å². The average Bonchev–Trinajstić information content (AvgIpc) is 2.55. The van der Waals surface area contributed by atoms with Crippen LogP contribution in [0.5, 0.6) is 0 Å². The van der Waals surface area contributed by atoms with Gasteiger partial charge in [-0.3, -0.25) is 4.79 Å². The summed E-state index contributed by atoms with van der Waals surface area (Å²) in [6.07, 6.45) is 1.08. The van der Waals surface area contributed by atoms with Gasteiger partial charge in [-0.25, -0.2) is 9.80 Å². The molecule has 0 spiro atoms. The molecule has 2 saturated heterocycles. The number of hydrazine groups is 1. The second-order valence-electron chi connectivity index (χ2n) is 5.54. The molecule has 0 aromatic carbocycles. The molecule has 22 heavy (non-hydrogen) atoms. The second kappa shape index (κ2) is 6.01. The van der Waals surface area contributed by atoms with E-state index >= 15 is 0 Å². The van der Waals surface area contributed by atoms with Crippen LogP contribution in [0.25, 0.3) is 0 Å². The number of rotatable bonds is 2. The van der Waals surface area contributed by atoms with Crippen LogP contribution in [0.3, 0.4) is 0 Å². The van der Waals surface area contributed by atoms with E-state index in [1.54, 1.807) is 17.1 Å². The van der Waals surface area contributed by atoms with Crippen LogP contribution in [-0.2, 0) is 14.3 Å². The normalized spacial score (nSPS) is 32.3. The summed E-state index contributed by atoms with van der Waals surface area (Å²) in [7, 11) is 1.59. The third-order valence-corrected chi connectivity index (χ3v) is 4.18. The maximum Gasteiger partial charge on any atom is 0.465 e. The Morgan fingerprint density at radius 3 is 2.18 bits per heavy atom. The van der Waals surface area contributed by atoms with E-state index in [9.17, 15) is 14.0 Å². The van der Waals surface area contributed by atoms with Gasteiger partial charge in [0, 0.05) is 13.1 Å². The molecule has 8 nitrogen and oxygen atoms in total. The summed E-state index contributed by atoms with van der Waals surface area (Å²) >= 11 is 0. The molecular weight excluding hydrogens is 295 g/mol. The molecule has 3 aliphatic rings. The van der Waals surface area contributed by atoms with Crippen LogP contribution in [0.4, 0.5) is 9.18 Å². The Balaban J connectivity index is 1.90. The number of carbonyl (C=O) groups excluding carboxylic acids is 2. The minimum absolute atomic E-state index is 0.383. The third-order valence-electron chi connectivity index (χ3n) is 4.18. The number of quaternary nitrogens is 1. The molecule has 3 heterocycles. The van der Waals surface area contributed by atoms with Gasteiger partial charge in [0.25, 0.3) is 0 Å². The number of ether oxygens (including phenoxy) is 2. The van der Waals surface area contributed by atoms with E-state index in [-0.39, 0.29) is 0 Å². The fraction of sp³-hybridized carbons (Fsp3) is 0.692. The summed E-state index contributed by atoms with van der Waals surface area (Å²) in [4.78, 5) is 25.0. The van der Waals surface area contributed by atoms with Crippen molar-refractivity contribution in [3.8, 4) is 0 Å². The number of nitrogens with zero attached hydrogens (tertiary/aromatic N) is 4. The van der Waals surface area contributed by atoms with Crippen LogP contribution in [0, 0.1) is 0 Å². The van der Waals surface area contributed by atoms with E-state index in [4.69, 9.17) is 9.47 Å². The molecule has 3 aliphatic heterocycles. The van der Waals surface area contributed by atoms with Crippen molar-refractivity contribution in [2.24, 2.45) is 0 Å². The number of hydrogen-bond acceptors (Lipinski definition) is 6. The first-order valence-corrected chi connectivity index (χ1v) is 7.33. The van der Waals surface area contributed by atoms with Crippen molar-refractivity contribution in [3.05, 3.63) is 12.0 Å². The van der Waals surface area contributed by atoms with Gasteiger partial charge >= 0.3 is 11.9 Å². The molecule has 0 N–H and O–H groups in total. The monoisotopic (exact) mass is 315 g/mol. The highest BCUT2D eigenvalue weighted by Gasteiger charge is 2.52. The summed E-state index contributed by atoms with van der Waals surface area (Å²) in [6.45, 7) is 3.52. The van der Waals surface area contributed by atoms with Crippen LogP contribution in [-0.4, -0.2) is 91.2 Å². The molecule has 0 radical (unpaired) electrons. The number of amides is 3. The summed E-state index contributed by atoms with van der Waals surface area (Å²) in [5.74, 6) is -1.82. The maximum atomic E-state index is 14.2. The number of hydrogen-bond donors (Lipinski definition) is 0. The molecule has 3 amide bonds. The van der Waals surface area contributed by atoms with Gasteiger partial charge in [-0.2, -0.15) is 4.39 Å². The van der Waals surface area contributed by atoms with Gasteiger partial charge in [-0.05, 0) is 0 Å². The minimum atomic E-state index is -0.917. The Bertz CT molecular complexity index is 502. The van der Waals surface area contributed by atoms with E-state index in [0.717, 1.165) is 11.2 Å². The Morgan fingerprint density at radius 2 is 1.59 bits per heavy atom. The summed E-state index contributed by atoms with van der Waals surface area (Å²) in [5, 5.41) is 4.27. The third kappa shape index (κ3) is 2.55. The Morgan fingerprint density at radius 1 is 1.05 bits per heavy atom. The average molecular weight is 315 g/mol. The zero-order chi connectivity index (χ0) is 15.7. The molecule has 9 heteroatoms. The van der Waals surface area contributed by atoms with E-state index in [1.165, 1.54) is 0 Å². The largest absolute Gasteiger partial charge is 0.465 e. The topological polar surface area (TPSA) is 62.3 Å². The zero-order valence-electron chi connectivity index (χ0n) is 12.5. The lowest BCUT2D eigenvalue weighted by Crippen LogP contribution is -2.70. The van der Waals surface area contributed by atoms with Gasteiger partial charge in [-0.15, -0.1) is 14.6 Å². The smallest absolute Gasteiger partial charge is 0.379 e. The first-order valence-electron chi connectivity index (χ1n) is 7.33. The van der Waals surface area contributed by atoms with Crippen molar-refractivity contribution in [1.82, 2.24) is 15.0 Å². The molecule has 2 fully saturated rings. The van der Waals surface area contributed by atoms with Gasteiger partial charge in [0.2, 0.25) is 5.83 Å². The lowest BCUT2D eigenvalue weighted by atomic mass is 10.3. The number of carbonyl (C=O) groups is 2. The van der Waals surface area contributed by atoms with Crippen molar-refractivity contribution in [1.29, 1.82) is 0 Å². The lowest BCUT2D eigenvalue weighted by molar-refractivity contribution is -0.911. The van der Waals surface area contributed by atoms with Crippen LogP contribution < -0.4 is 0 Å². The molecule has 1 unspecified atom stereocenters. The molecule has 0 aromatic heterocycles. The minimum Gasteiger partial charge on any atom is -0.379 e. The van der Waals surface area contributed by atoms with Crippen molar-refractivity contribution in [3.63, 3.8) is 0 Å². The van der Waals surface area contributed by atoms with Crippen LogP contribution in [0.2, 0.25) is 0 Å². The second-order valence-corrected chi connectivity index (χ2v) is 5.54. The lowest BCUT2D eigenvalue weighted by Gasteiger charge is -2.45. The number of halogens is 1. The predicted octanol–water partition coefficient (Wildman–Crippen LogP) is -0.299. The summed E-state index contributed by atoms with van der Waals surface area (Å²) in [6, 6.07) is -0.477. The Hall–Kier alpha value is -1.39. The predicted molar refractivity (Wildman–Crippen MR) is 72.4 cm³/mol. The first-order chi connectivity index (χ1) is 10.5. The van der Waals surface area contributed by atoms with Gasteiger partial charge in [0.1, 0.15) is 7.05 Å². The van der Waals surface area contributed by atoms with Gasteiger partial charge in [0.15, 0.2) is 6.20 Å². The van der Waals surface area contributed by atoms with Gasteiger partial charge < -0.3 is 9.47 Å². The molecule has 0 aliphatic carbocycles. The van der Waals surface area contributed by atoms with Crippen molar-refractivity contribution >= 4 is 11.9 Å². The van der Waals surface area contributed by atoms with Crippen LogP contribution in [0.1, 0.15) is 0 Å². The fourth-order valence-electron chi connectivity index (χ4n) is 2.89. The van der Waals surface area contributed by atoms with Crippen molar-refractivity contribution in [2.45, 2.75) is 0 Å². The molecule has 122 valence electrons. The zero-order valence-corrected chi connectivity index (χ0v) is 12.5. The molecule has 0 saturated carbocycles. The highest BCUT2D eigenvalue weighted by Crippen LogP contribution is 2.27. The quantitative estimate of drug-likeness (QED) is 0.652. The van der Waals surface area contributed by atoms with Gasteiger partial charge in [-0.1, -0.05) is 0 Å². The van der Waals surface area contributed by atoms with Crippen LogP contribution in [0.15, 0.2) is 12.0 Å². The first kappa shape index (κ1) is 15.5. The van der Waals surface area contributed by atoms with Crippen molar-refractivity contribution < 1.29 is 28.0 Å². The Labute approximate surface area is 127 Å². The molecule has 3 rings (SSSR count). The SMILES string of the molecule is C[N+]1(N2CCOCC2)C=C(F)C(=O)N(N2CCOCC2)C1=O. The Kier molecular flexibility index (Phi) is 4.24. The van der Waals surface area contributed by atoms with Gasteiger partial charge in [0.05, 0.1) is 39.5 Å². The fourth-order valence-corrected chi connectivity index (χ4v) is 2.89. The van der Waals surface area contributed by atoms with Crippen LogP contribution >= 0.6 is 0 Å². The molecule has 1 atom stereocenters. The molecule has 0 aromatic rings. The number of imide groups is 1.